The fraction of sp³-hybridized carbons (Fsp3) is 0.440. The highest BCUT2D eigenvalue weighted by atomic mass is 35.5. The molecule has 0 N–H and O–H groups in total. The van der Waals surface area contributed by atoms with Gasteiger partial charge in [-0.15, -0.1) is 0 Å². The lowest BCUT2D eigenvalue weighted by atomic mass is 9.97. The Bertz CT molecular complexity index is 1250. The highest BCUT2D eigenvalue weighted by molar-refractivity contribution is 7.89. The number of carbonyl (C=O) groups is 2. The van der Waals surface area contributed by atoms with Crippen LogP contribution >= 0.6 is 11.6 Å². The molecule has 4 rings (SSSR count). The van der Waals surface area contributed by atoms with Crippen molar-refractivity contribution in [2.24, 2.45) is 0 Å². The van der Waals surface area contributed by atoms with E-state index in [1.165, 1.54) is 28.4 Å². The van der Waals surface area contributed by atoms with Gasteiger partial charge in [0.1, 0.15) is 28.6 Å². The number of sulfonamides is 1. The lowest BCUT2D eigenvalue weighted by Gasteiger charge is -2.52. The van der Waals surface area contributed by atoms with Crippen molar-refractivity contribution in [2.75, 3.05) is 27.3 Å². The molecule has 2 aromatic carbocycles. The quantitative estimate of drug-likeness (QED) is 0.541. The van der Waals surface area contributed by atoms with E-state index in [-0.39, 0.29) is 59.5 Å². The summed E-state index contributed by atoms with van der Waals surface area (Å²) in [6.45, 7) is 3.82. The predicted octanol–water partition coefficient (Wildman–Crippen LogP) is 2.77. The van der Waals surface area contributed by atoms with E-state index in [4.69, 9.17) is 21.1 Å². The van der Waals surface area contributed by atoms with Gasteiger partial charge in [-0.05, 0) is 49.7 Å². The van der Waals surface area contributed by atoms with Crippen LogP contribution in [0.4, 0.5) is 0 Å². The molecule has 2 aliphatic rings. The van der Waals surface area contributed by atoms with Crippen LogP contribution in [0, 0.1) is 0 Å². The van der Waals surface area contributed by atoms with Crippen molar-refractivity contribution >= 4 is 33.4 Å². The number of carbonyl (C=O) groups excluding carboxylic acids is 2. The maximum atomic E-state index is 13.9. The molecule has 0 saturated carbocycles. The number of benzene rings is 2. The zero-order valence-corrected chi connectivity index (χ0v) is 22.3. The molecule has 0 aromatic heterocycles. The first-order chi connectivity index (χ1) is 17.1. The summed E-state index contributed by atoms with van der Waals surface area (Å²) in [6.07, 6.45) is -0.640. The number of halogens is 1. The summed E-state index contributed by atoms with van der Waals surface area (Å²) >= 11 is 6.13. The number of fused-ring (bicyclic) bond motifs is 1. The molecule has 2 atom stereocenters. The molecule has 2 amide bonds. The van der Waals surface area contributed by atoms with Gasteiger partial charge in [0.15, 0.2) is 0 Å². The Balaban J connectivity index is 1.76. The van der Waals surface area contributed by atoms with Gasteiger partial charge in [-0.2, -0.15) is 4.31 Å². The Morgan fingerprint density at radius 3 is 2.36 bits per heavy atom. The van der Waals surface area contributed by atoms with Gasteiger partial charge < -0.3 is 19.3 Å². The standard InChI is InChI=1S/C25H30ClN3O6S/c1-16(2)27-15-23-28(36(32,33)22-14-18(26)7-10-21(22)35-4)12-11-24(30)29(23)20(25(27)31)13-17-5-8-19(34-3)9-6-17/h5-10,14,16,20,23H,11-13,15H2,1-4H3. The average molecular weight is 536 g/mol. The summed E-state index contributed by atoms with van der Waals surface area (Å²) in [7, 11) is -1.16. The molecule has 194 valence electrons. The third-order valence-corrected chi connectivity index (χ3v) is 8.83. The molecule has 9 nitrogen and oxygen atoms in total. The molecule has 36 heavy (non-hydrogen) atoms. The number of amides is 2. The topological polar surface area (TPSA) is 96.5 Å². The van der Waals surface area contributed by atoms with Gasteiger partial charge in [0.05, 0.1) is 20.8 Å². The number of rotatable bonds is 7. The van der Waals surface area contributed by atoms with Crippen molar-refractivity contribution in [3.05, 3.63) is 53.1 Å². The Kier molecular flexibility index (Phi) is 7.49. The van der Waals surface area contributed by atoms with Gasteiger partial charge >= 0.3 is 0 Å². The first kappa shape index (κ1) is 26.2. The minimum absolute atomic E-state index is 0.00656. The number of hydrogen-bond acceptors (Lipinski definition) is 6. The van der Waals surface area contributed by atoms with Crippen LogP contribution in [-0.2, 0) is 26.0 Å². The Morgan fingerprint density at radius 2 is 1.75 bits per heavy atom. The highest BCUT2D eigenvalue weighted by Crippen LogP contribution is 2.36. The number of piperazine rings is 1. The molecular formula is C25H30ClN3O6S. The van der Waals surface area contributed by atoms with E-state index >= 15 is 0 Å². The van der Waals surface area contributed by atoms with E-state index in [1.807, 2.05) is 26.0 Å². The first-order valence-corrected chi connectivity index (χ1v) is 13.5. The highest BCUT2D eigenvalue weighted by Gasteiger charge is 2.51. The summed E-state index contributed by atoms with van der Waals surface area (Å²) < 4.78 is 39.6. The molecule has 0 aliphatic carbocycles. The lowest BCUT2D eigenvalue weighted by molar-refractivity contribution is -0.166. The van der Waals surface area contributed by atoms with Gasteiger partial charge in [-0.25, -0.2) is 8.42 Å². The van der Waals surface area contributed by atoms with Crippen molar-refractivity contribution in [1.29, 1.82) is 0 Å². The fourth-order valence-electron chi connectivity index (χ4n) is 4.82. The normalized spacial score (nSPS) is 21.1. The Labute approximate surface area is 216 Å². The minimum atomic E-state index is -4.12. The van der Waals surface area contributed by atoms with E-state index in [2.05, 4.69) is 0 Å². The van der Waals surface area contributed by atoms with E-state index in [1.54, 1.807) is 30.2 Å². The Hall–Kier alpha value is -2.82. The summed E-state index contributed by atoms with van der Waals surface area (Å²) in [5.74, 6) is 0.382. The van der Waals surface area contributed by atoms with Crippen LogP contribution in [0.15, 0.2) is 47.4 Å². The zero-order chi connectivity index (χ0) is 26.2. The largest absolute Gasteiger partial charge is 0.497 e. The van der Waals surface area contributed by atoms with Gasteiger partial charge in [-0.3, -0.25) is 9.59 Å². The summed E-state index contributed by atoms with van der Waals surface area (Å²) in [5, 5.41) is 0.249. The van der Waals surface area contributed by atoms with Crippen molar-refractivity contribution < 1.29 is 27.5 Å². The van der Waals surface area contributed by atoms with E-state index < -0.39 is 22.2 Å². The number of hydrogen-bond donors (Lipinski definition) is 0. The second-order valence-corrected chi connectivity index (χ2v) is 11.4. The molecule has 2 fully saturated rings. The van der Waals surface area contributed by atoms with E-state index in [0.29, 0.717) is 5.75 Å². The molecule has 2 unspecified atom stereocenters. The van der Waals surface area contributed by atoms with Crippen LogP contribution in [-0.4, -0.2) is 79.9 Å². The molecule has 2 saturated heterocycles. The first-order valence-electron chi connectivity index (χ1n) is 11.7. The molecule has 2 heterocycles. The summed E-state index contributed by atoms with van der Waals surface area (Å²) in [6, 6.07) is 10.6. The maximum Gasteiger partial charge on any atom is 0.248 e. The monoisotopic (exact) mass is 535 g/mol. The molecule has 2 aliphatic heterocycles. The van der Waals surface area contributed by atoms with Gasteiger partial charge in [0.2, 0.25) is 21.8 Å². The third kappa shape index (κ3) is 4.77. The predicted molar refractivity (Wildman–Crippen MR) is 134 cm³/mol. The smallest absolute Gasteiger partial charge is 0.248 e. The SMILES string of the molecule is COc1ccc(CC2C(=O)N(C(C)C)CC3N2C(=O)CCN3S(=O)(=O)c2cc(Cl)ccc2OC)cc1. The van der Waals surface area contributed by atoms with Crippen molar-refractivity contribution in [3.8, 4) is 11.5 Å². The molecular weight excluding hydrogens is 506 g/mol. The molecule has 11 heteroatoms. The molecule has 0 bridgehead atoms. The maximum absolute atomic E-state index is 13.9. The van der Waals surface area contributed by atoms with Gasteiger partial charge in [-0.1, -0.05) is 23.7 Å². The lowest BCUT2D eigenvalue weighted by Crippen LogP contribution is -2.72. The Morgan fingerprint density at radius 1 is 1.06 bits per heavy atom. The fourth-order valence-corrected chi connectivity index (χ4v) is 6.81. The average Bonchev–Trinajstić information content (AvgIpc) is 2.85. The van der Waals surface area contributed by atoms with Crippen LogP contribution < -0.4 is 9.47 Å². The number of ether oxygens (including phenoxy) is 2. The second kappa shape index (κ2) is 10.3. The van der Waals surface area contributed by atoms with E-state index in [9.17, 15) is 18.0 Å². The van der Waals surface area contributed by atoms with Crippen LogP contribution in [0.3, 0.4) is 0 Å². The summed E-state index contributed by atoms with van der Waals surface area (Å²) in [5.41, 5.74) is 0.836. The van der Waals surface area contributed by atoms with Crippen molar-refractivity contribution in [1.82, 2.24) is 14.1 Å². The minimum Gasteiger partial charge on any atom is -0.497 e. The van der Waals surface area contributed by atoms with Gasteiger partial charge in [0, 0.05) is 30.5 Å². The van der Waals surface area contributed by atoms with Crippen molar-refractivity contribution in [3.63, 3.8) is 0 Å². The van der Waals surface area contributed by atoms with Crippen LogP contribution in [0.25, 0.3) is 0 Å². The second-order valence-electron chi connectivity index (χ2n) is 9.09. The molecule has 2 aromatic rings. The third-order valence-electron chi connectivity index (χ3n) is 6.68. The molecule has 0 radical (unpaired) electrons. The number of methoxy groups -OCH3 is 2. The van der Waals surface area contributed by atoms with Gasteiger partial charge in [0.25, 0.3) is 0 Å². The molecule has 0 spiro atoms. The van der Waals surface area contributed by atoms with Crippen LogP contribution in [0.2, 0.25) is 5.02 Å². The van der Waals surface area contributed by atoms with Crippen molar-refractivity contribution in [2.45, 2.75) is 49.8 Å². The number of nitrogens with zero attached hydrogens (tertiary/aromatic N) is 3. The van der Waals surface area contributed by atoms with Crippen LogP contribution in [0.1, 0.15) is 25.8 Å². The van der Waals surface area contributed by atoms with E-state index in [0.717, 1.165) is 5.56 Å². The zero-order valence-electron chi connectivity index (χ0n) is 20.7. The van der Waals surface area contributed by atoms with Crippen LogP contribution in [0.5, 0.6) is 11.5 Å². The summed E-state index contributed by atoms with van der Waals surface area (Å²) in [4.78, 5) is 29.8.